The zero-order valence-electron chi connectivity index (χ0n) is 12.5. The van der Waals surface area contributed by atoms with Gasteiger partial charge in [0.05, 0.1) is 19.1 Å². The fourth-order valence-corrected chi connectivity index (χ4v) is 1.83. The van der Waals surface area contributed by atoms with Gasteiger partial charge in [-0.15, -0.1) is 0 Å². The Morgan fingerprint density at radius 1 is 1.27 bits per heavy atom. The molecular weight excluding hydrogens is 288 g/mol. The zero-order chi connectivity index (χ0) is 16.7. The molecule has 4 N–H and O–H groups in total. The SMILES string of the molecule is COC(=O)[C@H](Cc1ccccc1)NC(=O)[C@@H](N)C(C)C(=O)O. The molecule has 0 aromatic heterocycles. The highest BCUT2D eigenvalue weighted by atomic mass is 16.5. The van der Waals surface area contributed by atoms with Crippen molar-refractivity contribution in [2.75, 3.05) is 7.11 Å². The predicted molar refractivity (Wildman–Crippen MR) is 78.9 cm³/mol. The highest BCUT2D eigenvalue weighted by molar-refractivity contribution is 5.90. The van der Waals surface area contributed by atoms with Crippen LogP contribution in [0.5, 0.6) is 0 Å². The number of carboxylic acids is 1. The summed E-state index contributed by atoms with van der Waals surface area (Å²) in [6.07, 6.45) is 0.230. The maximum absolute atomic E-state index is 12.0. The van der Waals surface area contributed by atoms with Crippen molar-refractivity contribution in [1.29, 1.82) is 0 Å². The monoisotopic (exact) mass is 308 g/mol. The number of esters is 1. The molecule has 0 saturated heterocycles. The molecule has 1 amide bonds. The number of nitrogens with one attached hydrogen (secondary N) is 1. The van der Waals surface area contributed by atoms with E-state index in [0.29, 0.717) is 0 Å². The topological polar surface area (TPSA) is 119 Å². The molecule has 0 aliphatic heterocycles. The average molecular weight is 308 g/mol. The van der Waals surface area contributed by atoms with Gasteiger partial charge in [0.15, 0.2) is 0 Å². The van der Waals surface area contributed by atoms with Crippen LogP contribution in [0.25, 0.3) is 0 Å². The van der Waals surface area contributed by atoms with E-state index in [2.05, 4.69) is 10.1 Å². The molecule has 1 unspecified atom stereocenters. The van der Waals surface area contributed by atoms with E-state index in [1.807, 2.05) is 30.3 Å². The molecule has 0 bridgehead atoms. The highest BCUT2D eigenvalue weighted by Gasteiger charge is 2.30. The summed E-state index contributed by atoms with van der Waals surface area (Å²) in [7, 11) is 1.21. The van der Waals surface area contributed by atoms with E-state index < -0.39 is 35.8 Å². The number of carbonyl (C=O) groups is 3. The maximum Gasteiger partial charge on any atom is 0.328 e. The molecule has 0 fully saturated rings. The first kappa shape index (κ1) is 17.6. The van der Waals surface area contributed by atoms with E-state index in [-0.39, 0.29) is 6.42 Å². The number of hydrogen-bond donors (Lipinski definition) is 3. The lowest BCUT2D eigenvalue weighted by molar-refractivity contribution is -0.146. The van der Waals surface area contributed by atoms with Crippen LogP contribution < -0.4 is 11.1 Å². The Labute approximate surface area is 128 Å². The van der Waals surface area contributed by atoms with Gasteiger partial charge in [-0.05, 0) is 12.5 Å². The Hall–Kier alpha value is -2.41. The van der Waals surface area contributed by atoms with Gasteiger partial charge in [0.1, 0.15) is 6.04 Å². The smallest absolute Gasteiger partial charge is 0.328 e. The molecule has 3 atom stereocenters. The van der Waals surface area contributed by atoms with Gasteiger partial charge in [-0.25, -0.2) is 4.79 Å². The van der Waals surface area contributed by atoms with Gasteiger partial charge in [-0.2, -0.15) is 0 Å². The number of benzene rings is 1. The van der Waals surface area contributed by atoms with Crippen molar-refractivity contribution in [1.82, 2.24) is 5.32 Å². The summed E-state index contributed by atoms with van der Waals surface area (Å²) in [6, 6.07) is 6.89. The lowest BCUT2D eigenvalue weighted by Gasteiger charge is -2.21. The quantitative estimate of drug-likeness (QED) is 0.607. The van der Waals surface area contributed by atoms with Gasteiger partial charge >= 0.3 is 11.9 Å². The van der Waals surface area contributed by atoms with Gasteiger partial charge in [0.2, 0.25) is 5.91 Å². The Kier molecular flexibility index (Phi) is 6.52. The summed E-state index contributed by atoms with van der Waals surface area (Å²) in [5, 5.41) is 11.3. The number of nitrogens with two attached hydrogens (primary N) is 1. The first-order valence-corrected chi connectivity index (χ1v) is 6.77. The number of methoxy groups -OCH3 is 1. The fraction of sp³-hybridized carbons (Fsp3) is 0.400. The molecule has 1 aromatic rings. The second-order valence-electron chi connectivity index (χ2n) is 4.93. The summed E-state index contributed by atoms with van der Waals surface area (Å²) in [6.45, 7) is 1.33. The summed E-state index contributed by atoms with van der Waals surface area (Å²) in [5.41, 5.74) is 6.43. The van der Waals surface area contributed by atoms with Crippen LogP contribution in [0.3, 0.4) is 0 Å². The molecule has 1 aromatic carbocycles. The lowest BCUT2D eigenvalue weighted by Crippen LogP contribution is -2.52. The van der Waals surface area contributed by atoms with Crippen molar-refractivity contribution in [3.63, 3.8) is 0 Å². The van der Waals surface area contributed by atoms with Gasteiger partial charge in [0, 0.05) is 6.42 Å². The second-order valence-corrected chi connectivity index (χ2v) is 4.93. The van der Waals surface area contributed by atoms with Gasteiger partial charge < -0.3 is 20.9 Å². The molecule has 0 aliphatic carbocycles. The van der Waals surface area contributed by atoms with E-state index in [1.54, 1.807) is 0 Å². The van der Waals surface area contributed by atoms with Crippen molar-refractivity contribution >= 4 is 17.8 Å². The Bertz CT molecular complexity index is 532. The Balaban J connectivity index is 2.79. The molecule has 0 radical (unpaired) electrons. The number of ether oxygens (including phenoxy) is 1. The molecule has 0 aliphatic rings. The minimum Gasteiger partial charge on any atom is -0.481 e. The molecule has 1 rings (SSSR count). The third kappa shape index (κ3) is 4.85. The number of aliphatic carboxylic acids is 1. The molecule has 0 spiro atoms. The third-order valence-corrected chi connectivity index (χ3v) is 3.32. The Morgan fingerprint density at radius 2 is 1.86 bits per heavy atom. The first-order valence-electron chi connectivity index (χ1n) is 6.77. The maximum atomic E-state index is 12.0. The minimum atomic E-state index is -1.25. The minimum absolute atomic E-state index is 0.230. The van der Waals surface area contributed by atoms with E-state index in [4.69, 9.17) is 10.8 Å². The van der Waals surface area contributed by atoms with E-state index in [1.165, 1.54) is 14.0 Å². The summed E-state index contributed by atoms with van der Waals surface area (Å²) >= 11 is 0. The number of rotatable bonds is 7. The van der Waals surface area contributed by atoms with E-state index in [0.717, 1.165) is 5.56 Å². The largest absolute Gasteiger partial charge is 0.481 e. The van der Waals surface area contributed by atoms with Crippen molar-refractivity contribution in [2.45, 2.75) is 25.4 Å². The summed E-state index contributed by atoms with van der Waals surface area (Å²) < 4.78 is 4.66. The standard InChI is InChI=1S/C15H20N2O5/c1-9(14(19)20)12(16)13(18)17-11(15(21)22-2)8-10-6-4-3-5-7-10/h3-7,9,11-12H,8,16H2,1-2H3,(H,17,18)(H,19,20)/t9?,11-,12-/m0/s1. The number of hydrogen-bond acceptors (Lipinski definition) is 5. The molecule has 22 heavy (non-hydrogen) atoms. The van der Waals surface area contributed by atoms with Gasteiger partial charge in [-0.3, -0.25) is 9.59 Å². The van der Waals surface area contributed by atoms with Crippen molar-refractivity contribution < 1.29 is 24.2 Å². The average Bonchev–Trinajstić information content (AvgIpc) is 2.52. The lowest BCUT2D eigenvalue weighted by atomic mass is 10.0. The van der Waals surface area contributed by atoms with Gasteiger partial charge in [-0.1, -0.05) is 30.3 Å². The van der Waals surface area contributed by atoms with Crippen LogP contribution in [-0.4, -0.2) is 42.1 Å². The van der Waals surface area contributed by atoms with Crippen molar-refractivity contribution in [3.8, 4) is 0 Å². The normalized spacial score (nSPS) is 14.5. The highest BCUT2D eigenvalue weighted by Crippen LogP contribution is 2.06. The molecule has 0 heterocycles. The van der Waals surface area contributed by atoms with Crippen LogP contribution in [-0.2, 0) is 25.5 Å². The van der Waals surface area contributed by atoms with Crippen LogP contribution in [0, 0.1) is 5.92 Å². The molecular formula is C15H20N2O5. The summed E-state index contributed by atoms with van der Waals surface area (Å²) in [4.78, 5) is 34.6. The van der Waals surface area contributed by atoms with Crippen molar-refractivity contribution in [2.24, 2.45) is 11.7 Å². The van der Waals surface area contributed by atoms with Crippen molar-refractivity contribution in [3.05, 3.63) is 35.9 Å². The molecule has 7 nitrogen and oxygen atoms in total. The molecule has 7 heteroatoms. The van der Waals surface area contributed by atoms with Crippen LogP contribution in [0.2, 0.25) is 0 Å². The Morgan fingerprint density at radius 3 is 2.36 bits per heavy atom. The van der Waals surface area contributed by atoms with Crippen LogP contribution in [0.1, 0.15) is 12.5 Å². The third-order valence-electron chi connectivity index (χ3n) is 3.32. The number of carbonyl (C=O) groups excluding carboxylic acids is 2. The van der Waals surface area contributed by atoms with E-state index >= 15 is 0 Å². The number of amides is 1. The fourth-order valence-electron chi connectivity index (χ4n) is 1.83. The molecule has 120 valence electrons. The summed E-state index contributed by atoms with van der Waals surface area (Å²) in [5.74, 6) is -3.57. The number of carboxylic acid groups (broad SMARTS) is 1. The van der Waals surface area contributed by atoms with E-state index in [9.17, 15) is 14.4 Å². The van der Waals surface area contributed by atoms with Crippen LogP contribution in [0.15, 0.2) is 30.3 Å². The van der Waals surface area contributed by atoms with Crippen LogP contribution >= 0.6 is 0 Å². The van der Waals surface area contributed by atoms with Gasteiger partial charge in [0.25, 0.3) is 0 Å². The molecule has 0 saturated carbocycles. The predicted octanol–water partition coefficient (Wildman–Crippen LogP) is -0.0651. The zero-order valence-corrected chi connectivity index (χ0v) is 12.5. The first-order chi connectivity index (χ1) is 10.4. The van der Waals surface area contributed by atoms with Crippen LogP contribution in [0.4, 0.5) is 0 Å². The second kappa shape index (κ2) is 8.14.